The lowest BCUT2D eigenvalue weighted by atomic mass is 10.1. The van der Waals surface area contributed by atoms with Gasteiger partial charge in [0.05, 0.1) is 30.4 Å². The van der Waals surface area contributed by atoms with E-state index in [1.807, 2.05) is 48.0 Å². The van der Waals surface area contributed by atoms with Crippen LogP contribution in [0.1, 0.15) is 80.2 Å². The SMILES string of the molecule is CCCC(c1nnnn1C1CCCC1)N(Cc1ccco1)Cc1cc2cccc(C)c2[nH]c1=O. The van der Waals surface area contributed by atoms with E-state index in [0.717, 1.165) is 59.3 Å². The molecule has 0 spiro atoms. The largest absolute Gasteiger partial charge is 0.468 e. The second kappa shape index (κ2) is 9.93. The Morgan fingerprint density at radius 1 is 1.21 bits per heavy atom. The molecular weight excluding hydrogens is 428 g/mol. The zero-order valence-corrected chi connectivity index (χ0v) is 19.9. The summed E-state index contributed by atoms with van der Waals surface area (Å²) < 4.78 is 7.75. The maximum atomic E-state index is 13.1. The highest BCUT2D eigenvalue weighted by Gasteiger charge is 2.30. The Morgan fingerprint density at radius 3 is 2.82 bits per heavy atom. The molecular formula is C26H32N6O2. The van der Waals surface area contributed by atoms with Crippen LogP contribution in [0.2, 0.25) is 0 Å². The lowest BCUT2D eigenvalue weighted by Crippen LogP contribution is -2.33. The summed E-state index contributed by atoms with van der Waals surface area (Å²) >= 11 is 0. The number of para-hydroxylation sites is 1. The number of furan rings is 1. The number of hydrogen-bond donors (Lipinski definition) is 1. The van der Waals surface area contributed by atoms with Crippen molar-refractivity contribution in [3.63, 3.8) is 0 Å². The number of pyridine rings is 1. The molecule has 8 nitrogen and oxygen atoms in total. The number of aromatic amines is 1. The van der Waals surface area contributed by atoms with E-state index >= 15 is 0 Å². The van der Waals surface area contributed by atoms with Gasteiger partial charge in [0.15, 0.2) is 5.82 Å². The summed E-state index contributed by atoms with van der Waals surface area (Å²) in [6, 6.07) is 12.3. The number of H-pyrrole nitrogens is 1. The summed E-state index contributed by atoms with van der Waals surface area (Å²) in [5, 5.41) is 14.0. The van der Waals surface area contributed by atoms with Crippen LogP contribution in [0.4, 0.5) is 0 Å². The standard InChI is InChI=1S/C26H32N6O2/c1-3-8-23(25-28-29-30-32(25)21-11-4-5-12-21)31(17-22-13-7-14-34-22)16-20-15-19-10-6-9-18(2)24(19)27-26(20)33/h6-7,9-10,13-15,21,23H,3-5,8,11-12,16-17H2,1-2H3,(H,27,33). The van der Waals surface area contributed by atoms with Crippen molar-refractivity contribution in [1.29, 1.82) is 0 Å². The molecule has 0 bridgehead atoms. The Balaban J connectivity index is 1.54. The number of nitrogens with zero attached hydrogens (tertiary/aromatic N) is 5. The van der Waals surface area contributed by atoms with E-state index in [1.165, 1.54) is 12.8 Å². The Hall–Kier alpha value is -3.26. The molecule has 1 aromatic carbocycles. The van der Waals surface area contributed by atoms with Crippen LogP contribution in [0.3, 0.4) is 0 Å². The number of fused-ring (bicyclic) bond motifs is 1. The van der Waals surface area contributed by atoms with Gasteiger partial charge in [-0.15, -0.1) is 5.10 Å². The van der Waals surface area contributed by atoms with Crippen molar-refractivity contribution in [3.8, 4) is 0 Å². The monoisotopic (exact) mass is 460 g/mol. The summed E-state index contributed by atoms with van der Waals surface area (Å²) in [5.74, 6) is 1.74. The van der Waals surface area contributed by atoms with E-state index in [0.29, 0.717) is 19.1 Å². The second-order valence-corrected chi connectivity index (χ2v) is 9.37. The third-order valence-electron chi connectivity index (χ3n) is 6.97. The molecule has 1 aliphatic rings. The number of rotatable bonds is 9. The molecule has 1 unspecified atom stereocenters. The van der Waals surface area contributed by atoms with Gasteiger partial charge in [-0.1, -0.05) is 44.4 Å². The summed E-state index contributed by atoms with van der Waals surface area (Å²) in [6.07, 6.45) is 8.20. The quantitative estimate of drug-likeness (QED) is 0.375. The molecule has 8 heteroatoms. The first-order chi connectivity index (χ1) is 16.6. The van der Waals surface area contributed by atoms with Crippen LogP contribution in [0.15, 0.2) is 51.9 Å². The van der Waals surface area contributed by atoms with Crippen molar-refractivity contribution in [1.82, 2.24) is 30.1 Å². The maximum Gasteiger partial charge on any atom is 0.252 e. The molecule has 3 aromatic heterocycles. The highest BCUT2D eigenvalue weighted by Crippen LogP contribution is 2.34. The van der Waals surface area contributed by atoms with Gasteiger partial charge < -0.3 is 9.40 Å². The van der Waals surface area contributed by atoms with Crippen molar-refractivity contribution < 1.29 is 4.42 Å². The first kappa shape index (κ1) is 22.5. The van der Waals surface area contributed by atoms with Crippen LogP contribution in [-0.4, -0.2) is 30.1 Å². The minimum atomic E-state index is -0.0584. The minimum absolute atomic E-state index is 0.0293. The average molecular weight is 461 g/mol. The maximum absolute atomic E-state index is 13.1. The van der Waals surface area contributed by atoms with Crippen molar-refractivity contribution >= 4 is 10.9 Å². The van der Waals surface area contributed by atoms with Crippen LogP contribution in [0.25, 0.3) is 10.9 Å². The fraction of sp³-hybridized carbons (Fsp3) is 0.462. The summed E-state index contributed by atoms with van der Waals surface area (Å²) in [5.41, 5.74) is 2.62. The Morgan fingerprint density at radius 2 is 2.06 bits per heavy atom. The van der Waals surface area contributed by atoms with Gasteiger partial charge in [0.2, 0.25) is 0 Å². The zero-order chi connectivity index (χ0) is 23.5. The lowest BCUT2D eigenvalue weighted by Gasteiger charge is -2.31. The molecule has 1 fully saturated rings. The van der Waals surface area contributed by atoms with Crippen molar-refractivity contribution in [2.45, 2.75) is 77.5 Å². The van der Waals surface area contributed by atoms with Crippen LogP contribution in [0, 0.1) is 6.92 Å². The fourth-order valence-corrected chi connectivity index (χ4v) is 5.22. The summed E-state index contributed by atoms with van der Waals surface area (Å²) in [7, 11) is 0. The number of hydrogen-bond acceptors (Lipinski definition) is 6. The van der Waals surface area contributed by atoms with Gasteiger partial charge in [0.25, 0.3) is 5.56 Å². The molecule has 178 valence electrons. The number of aryl methyl sites for hydroxylation is 1. The van der Waals surface area contributed by atoms with E-state index in [-0.39, 0.29) is 11.6 Å². The first-order valence-electron chi connectivity index (χ1n) is 12.3. The number of nitrogens with one attached hydrogen (secondary N) is 1. The molecule has 4 aromatic rings. The van der Waals surface area contributed by atoms with E-state index in [1.54, 1.807) is 6.26 Å². The predicted molar refractivity (Wildman–Crippen MR) is 130 cm³/mol. The third kappa shape index (κ3) is 4.55. The van der Waals surface area contributed by atoms with Crippen LogP contribution < -0.4 is 5.56 Å². The predicted octanol–water partition coefficient (Wildman–Crippen LogP) is 5.07. The van der Waals surface area contributed by atoms with Gasteiger partial charge >= 0.3 is 0 Å². The molecule has 5 rings (SSSR count). The van der Waals surface area contributed by atoms with Gasteiger partial charge in [-0.25, -0.2) is 4.68 Å². The second-order valence-electron chi connectivity index (χ2n) is 9.37. The highest BCUT2D eigenvalue weighted by molar-refractivity contribution is 5.81. The molecule has 1 saturated carbocycles. The van der Waals surface area contributed by atoms with Crippen LogP contribution in [0.5, 0.6) is 0 Å². The molecule has 0 saturated heterocycles. The minimum Gasteiger partial charge on any atom is -0.468 e. The number of tetrazole rings is 1. The van der Waals surface area contributed by atoms with Crippen LogP contribution in [-0.2, 0) is 13.1 Å². The Labute approximate surface area is 199 Å². The highest BCUT2D eigenvalue weighted by atomic mass is 16.3. The third-order valence-corrected chi connectivity index (χ3v) is 6.97. The van der Waals surface area contributed by atoms with E-state index in [4.69, 9.17) is 4.42 Å². The van der Waals surface area contributed by atoms with Crippen molar-refractivity contribution in [2.24, 2.45) is 0 Å². The molecule has 1 atom stereocenters. The number of aromatic nitrogens is 5. The molecule has 3 heterocycles. The topological polar surface area (TPSA) is 92.8 Å². The molecule has 1 aliphatic carbocycles. The summed E-state index contributed by atoms with van der Waals surface area (Å²) in [6.45, 7) is 5.23. The van der Waals surface area contributed by atoms with Gasteiger partial charge in [-0.05, 0) is 65.8 Å². The van der Waals surface area contributed by atoms with E-state index in [9.17, 15) is 4.79 Å². The average Bonchev–Trinajstić information content (AvgIpc) is 3.60. The normalized spacial score (nSPS) is 15.5. The van der Waals surface area contributed by atoms with Gasteiger partial charge in [0.1, 0.15) is 5.76 Å². The smallest absolute Gasteiger partial charge is 0.252 e. The summed E-state index contributed by atoms with van der Waals surface area (Å²) in [4.78, 5) is 18.5. The molecule has 0 aliphatic heterocycles. The Bertz CT molecular complexity index is 1290. The molecule has 0 amide bonds. The van der Waals surface area contributed by atoms with Gasteiger partial charge in [0, 0.05) is 12.1 Å². The van der Waals surface area contributed by atoms with Gasteiger partial charge in [-0.2, -0.15) is 0 Å². The number of benzene rings is 1. The zero-order valence-electron chi connectivity index (χ0n) is 19.9. The molecule has 34 heavy (non-hydrogen) atoms. The Kier molecular flexibility index (Phi) is 6.58. The molecule has 0 radical (unpaired) electrons. The molecule has 1 N–H and O–H groups in total. The van der Waals surface area contributed by atoms with Crippen LogP contribution >= 0.6 is 0 Å². The first-order valence-corrected chi connectivity index (χ1v) is 12.3. The van der Waals surface area contributed by atoms with Gasteiger partial charge in [-0.3, -0.25) is 9.69 Å². The van der Waals surface area contributed by atoms with E-state index in [2.05, 4.69) is 32.3 Å². The fourth-order valence-electron chi connectivity index (χ4n) is 5.22. The lowest BCUT2D eigenvalue weighted by molar-refractivity contribution is 0.142. The van der Waals surface area contributed by atoms with Crippen molar-refractivity contribution in [3.05, 3.63) is 75.7 Å². The van der Waals surface area contributed by atoms with Crippen molar-refractivity contribution in [2.75, 3.05) is 0 Å². The van der Waals surface area contributed by atoms with E-state index < -0.39 is 0 Å².